The molecule has 0 bridgehead atoms. The van der Waals surface area contributed by atoms with Crippen molar-refractivity contribution in [1.82, 2.24) is 0 Å². The first kappa shape index (κ1) is 25.3. The first-order valence-corrected chi connectivity index (χ1v) is 13.7. The van der Waals surface area contributed by atoms with Gasteiger partial charge in [-0.25, -0.2) is 9.18 Å². The molecule has 0 radical (unpaired) electrons. The zero-order valence-corrected chi connectivity index (χ0v) is 21.6. The van der Waals surface area contributed by atoms with Crippen molar-refractivity contribution in [2.45, 2.75) is 6.42 Å². The Balaban J connectivity index is 1.65. The molecule has 0 saturated carbocycles. The highest BCUT2D eigenvalue weighted by atomic mass is 31.1. The minimum Gasteiger partial charge on any atom is -0.478 e. The van der Waals surface area contributed by atoms with Gasteiger partial charge in [0.05, 0.1) is 0 Å². The van der Waals surface area contributed by atoms with Crippen LogP contribution in [0.15, 0.2) is 139 Å². The number of aliphatic carboxylic acids is 1. The maximum atomic E-state index is 14.6. The summed E-state index contributed by atoms with van der Waals surface area (Å²) in [6.45, 7) is 0. The van der Waals surface area contributed by atoms with Crippen molar-refractivity contribution >= 4 is 35.9 Å². The van der Waals surface area contributed by atoms with E-state index >= 15 is 0 Å². The van der Waals surface area contributed by atoms with Gasteiger partial charge in [-0.15, -0.1) is 0 Å². The van der Waals surface area contributed by atoms with Gasteiger partial charge in [0, 0.05) is 12.0 Å². The van der Waals surface area contributed by atoms with Crippen molar-refractivity contribution in [3.8, 4) is 11.1 Å². The van der Waals surface area contributed by atoms with Crippen LogP contribution in [0.1, 0.15) is 11.1 Å². The maximum absolute atomic E-state index is 14.6. The summed E-state index contributed by atoms with van der Waals surface area (Å²) in [5.74, 6) is -1.41. The van der Waals surface area contributed by atoms with Gasteiger partial charge in [-0.2, -0.15) is 0 Å². The van der Waals surface area contributed by atoms with Crippen molar-refractivity contribution in [3.63, 3.8) is 0 Å². The zero-order chi connectivity index (χ0) is 26.3. The smallest absolute Gasteiger partial charge is 0.331 e. The van der Waals surface area contributed by atoms with E-state index in [0.717, 1.165) is 22.0 Å². The van der Waals surface area contributed by atoms with Gasteiger partial charge >= 0.3 is 5.97 Å². The summed E-state index contributed by atoms with van der Waals surface area (Å²) in [6.07, 6.45) is 1.75. The number of benzene rings is 5. The van der Waals surface area contributed by atoms with Gasteiger partial charge < -0.3 is 5.11 Å². The van der Waals surface area contributed by atoms with Crippen molar-refractivity contribution in [1.29, 1.82) is 0 Å². The van der Waals surface area contributed by atoms with Crippen LogP contribution in [0.4, 0.5) is 4.39 Å². The van der Waals surface area contributed by atoms with Crippen LogP contribution in [-0.2, 0) is 11.2 Å². The Morgan fingerprint density at radius 1 is 0.684 bits per heavy atom. The second kappa shape index (κ2) is 11.8. The Kier molecular flexibility index (Phi) is 7.87. The summed E-state index contributed by atoms with van der Waals surface area (Å²) in [5, 5.41) is 13.6. The third-order valence-electron chi connectivity index (χ3n) is 6.33. The van der Waals surface area contributed by atoms with Crippen LogP contribution in [0.25, 0.3) is 17.2 Å². The molecule has 38 heavy (non-hydrogen) atoms. The molecule has 0 fully saturated rings. The molecule has 0 amide bonds. The molecule has 0 heterocycles. The molecule has 0 saturated heterocycles. The van der Waals surface area contributed by atoms with E-state index in [0.29, 0.717) is 5.56 Å². The fourth-order valence-electron chi connectivity index (χ4n) is 4.59. The second-order valence-corrected chi connectivity index (χ2v) is 11.1. The third-order valence-corrected chi connectivity index (χ3v) is 8.83. The number of halogens is 1. The lowest BCUT2D eigenvalue weighted by Gasteiger charge is -2.23. The largest absolute Gasteiger partial charge is 0.478 e. The van der Waals surface area contributed by atoms with Crippen LogP contribution in [-0.4, -0.2) is 11.1 Å². The summed E-state index contributed by atoms with van der Waals surface area (Å²) in [6, 6.07) is 43.0. The Labute approximate surface area is 223 Å². The summed E-state index contributed by atoms with van der Waals surface area (Å²) >= 11 is 0. The van der Waals surface area contributed by atoms with E-state index in [2.05, 4.69) is 36.4 Å². The fourth-order valence-corrected chi connectivity index (χ4v) is 7.06. The Morgan fingerprint density at radius 2 is 1.24 bits per heavy atom. The molecule has 0 aromatic heterocycles. The van der Waals surface area contributed by atoms with Crippen LogP contribution >= 0.6 is 7.92 Å². The first-order chi connectivity index (χ1) is 18.6. The quantitative estimate of drug-likeness (QED) is 0.179. The highest BCUT2D eigenvalue weighted by molar-refractivity contribution is 7.80. The maximum Gasteiger partial charge on any atom is 0.331 e. The molecule has 0 aliphatic rings. The lowest BCUT2D eigenvalue weighted by Crippen LogP contribution is -2.22. The van der Waals surface area contributed by atoms with E-state index in [9.17, 15) is 14.3 Å². The van der Waals surface area contributed by atoms with Gasteiger partial charge in [0.25, 0.3) is 0 Å². The Hall–Kier alpha value is -4.33. The SMILES string of the molecule is O=C(O)/C(=C/c1ccccc1)Cc1cc(F)ccc1-c1ccccc1P(c1ccccc1)c1ccccc1. The number of hydrogen-bond acceptors (Lipinski definition) is 1. The number of rotatable bonds is 8. The molecule has 2 nitrogen and oxygen atoms in total. The molecule has 186 valence electrons. The predicted molar refractivity (Wildman–Crippen MR) is 156 cm³/mol. The number of carbonyl (C=O) groups is 1. The summed E-state index contributed by atoms with van der Waals surface area (Å²) in [7, 11) is -0.908. The molecular formula is C34H26FO2P. The first-order valence-electron chi connectivity index (χ1n) is 12.4. The van der Waals surface area contributed by atoms with Gasteiger partial charge in [-0.1, -0.05) is 121 Å². The van der Waals surface area contributed by atoms with E-state index in [4.69, 9.17) is 0 Å². The molecule has 5 aromatic rings. The van der Waals surface area contributed by atoms with Gasteiger partial charge in [0.15, 0.2) is 0 Å². The van der Waals surface area contributed by atoms with Crippen LogP contribution in [0.3, 0.4) is 0 Å². The minimum atomic E-state index is -1.02. The summed E-state index contributed by atoms with van der Waals surface area (Å²) in [4.78, 5) is 12.2. The van der Waals surface area contributed by atoms with Crippen LogP contribution in [0.2, 0.25) is 0 Å². The fraction of sp³-hybridized carbons (Fsp3) is 0.0294. The minimum absolute atomic E-state index is 0.0975. The number of hydrogen-bond donors (Lipinski definition) is 1. The second-order valence-electron chi connectivity index (χ2n) is 8.89. The summed E-state index contributed by atoms with van der Waals surface area (Å²) in [5.41, 5.74) is 3.44. The van der Waals surface area contributed by atoms with Crippen molar-refractivity contribution in [2.24, 2.45) is 0 Å². The lowest BCUT2D eigenvalue weighted by molar-refractivity contribution is -0.132. The zero-order valence-electron chi connectivity index (χ0n) is 20.7. The Morgan fingerprint density at radius 3 is 1.84 bits per heavy atom. The molecule has 0 spiro atoms. The highest BCUT2D eigenvalue weighted by Gasteiger charge is 2.22. The van der Waals surface area contributed by atoms with E-state index in [1.807, 2.05) is 78.9 Å². The highest BCUT2D eigenvalue weighted by Crippen LogP contribution is 2.38. The normalized spacial score (nSPS) is 11.5. The van der Waals surface area contributed by atoms with Crippen molar-refractivity contribution < 1.29 is 14.3 Å². The monoisotopic (exact) mass is 516 g/mol. The molecule has 5 aromatic carbocycles. The van der Waals surface area contributed by atoms with Crippen molar-refractivity contribution in [2.75, 3.05) is 0 Å². The molecule has 0 aliphatic heterocycles. The molecule has 1 N–H and O–H groups in total. The predicted octanol–water partition coefficient (Wildman–Crippen LogP) is 6.96. The third kappa shape index (κ3) is 5.80. The van der Waals surface area contributed by atoms with E-state index in [1.54, 1.807) is 12.1 Å². The average molecular weight is 517 g/mol. The van der Waals surface area contributed by atoms with Gasteiger partial charge in [-0.3, -0.25) is 0 Å². The molecule has 0 unspecified atom stereocenters. The van der Waals surface area contributed by atoms with Crippen molar-refractivity contribution in [3.05, 3.63) is 156 Å². The van der Waals surface area contributed by atoms with E-state index in [1.165, 1.54) is 22.7 Å². The average Bonchev–Trinajstić information content (AvgIpc) is 2.95. The van der Waals surface area contributed by atoms with Crippen LogP contribution in [0.5, 0.6) is 0 Å². The lowest BCUT2D eigenvalue weighted by atomic mass is 9.94. The van der Waals surface area contributed by atoms with Crippen LogP contribution in [0, 0.1) is 5.82 Å². The molecule has 0 aliphatic carbocycles. The van der Waals surface area contributed by atoms with Gasteiger partial charge in [0.1, 0.15) is 5.82 Å². The molecule has 0 atom stereocenters. The summed E-state index contributed by atoms with van der Waals surface area (Å²) < 4.78 is 14.6. The molecule has 4 heteroatoms. The standard InChI is InChI=1S/C34H26FO2P/c35-28-20-21-31(26(24-28)23-27(34(36)37)22-25-12-4-1-5-13-25)32-18-10-11-19-33(32)38(29-14-6-2-7-15-29)30-16-8-3-9-17-30/h1-22,24H,23H2,(H,36,37)/b27-22+. The van der Waals surface area contributed by atoms with E-state index in [-0.39, 0.29) is 17.8 Å². The number of carboxylic acid groups (broad SMARTS) is 1. The molecule has 5 rings (SSSR count). The van der Waals surface area contributed by atoms with Gasteiger partial charge in [0.2, 0.25) is 0 Å². The van der Waals surface area contributed by atoms with E-state index < -0.39 is 13.9 Å². The van der Waals surface area contributed by atoms with Gasteiger partial charge in [-0.05, 0) is 64.3 Å². The topological polar surface area (TPSA) is 37.3 Å². The Bertz CT molecular complexity index is 1530. The van der Waals surface area contributed by atoms with Crippen LogP contribution < -0.4 is 15.9 Å². The molecular weight excluding hydrogens is 490 g/mol. The number of carboxylic acids is 1.